The van der Waals surface area contributed by atoms with Gasteiger partial charge < -0.3 is 4.74 Å². The summed E-state index contributed by atoms with van der Waals surface area (Å²) in [6.45, 7) is 13.5. The van der Waals surface area contributed by atoms with Gasteiger partial charge in [-0.15, -0.1) is 0 Å². The quantitative estimate of drug-likeness (QED) is 0.206. The van der Waals surface area contributed by atoms with Gasteiger partial charge in [0.25, 0.3) is 0 Å². The molecule has 0 aromatic carbocycles. The maximum absolute atomic E-state index is 13.1. The Bertz CT molecular complexity index is 2270. The fourth-order valence-electron chi connectivity index (χ4n) is 3.66. The van der Waals surface area contributed by atoms with Gasteiger partial charge in [-0.1, -0.05) is 11.7 Å². The van der Waals surface area contributed by atoms with Gasteiger partial charge in [0, 0.05) is 23.9 Å². The van der Waals surface area contributed by atoms with Crippen molar-refractivity contribution in [2.45, 2.75) is 64.6 Å². The number of carbonyl (C=O) groups excluding carboxylic acids is 1. The van der Waals surface area contributed by atoms with E-state index in [-0.39, 0.29) is 22.8 Å². The predicted octanol–water partition coefficient (Wildman–Crippen LogP) is 4.49. The Labute approximate surface area is 273 Å². The third kappa shape index (κ3) is 16.3. The first-order chi connectivity index (χ1) is 22.1. The number of carbonyl (C=O) groups is 1. The van der Waals surface area contributed by atoms with Crippen molar-refractivity contribution in [3.05, 3.63) is 75.2 Å². The Kier molecular flexibility index (Phi) is 17.2. The highest BCUT2D eigenvalue weighted by molar-refractivity contribution is 5.93. The minimum atomic E-state index is -0.650. The van der Waals surface area contributed by atoms with Crippen LogP contribution in [0.3, 0.4) is 0 Å². The summed E-state index contributed by atoms with van der Waals surface area (Å²) in [6, 6.07) is 0. The number of ether oxygens (including phenoxy) is 1. The van der Waals surface area contributed by atoms with Crippen LogP contribution in [0.15, 0.2) is 75.2 Å². The number of hydrogen-bond acceptors (Lipinski definition) is 3. The molecule has 0 saturated carbocycles. The number of piperidine rings is 1. The molecule has 1 rings (SSSR count). The molecule has 3 heteroatoms. The molecule has 0 aliphatic carbocycles. The number of rotatable bonds is 2. The Morgan fingerprint density at radius 2 is 0.978 bits per heavy atom. The fourth-order valence-corrected chi connectivity index (χ4v) is 3.66. The molecule has 1 fully saturated rings. The van der Waals surface area contributed by atoms with Crippen LogP contribution in [0.2, 0.25) is 0 Å². The van der Waals surface area contributed by atoms with Gasteiger partial charge in [0.1, 0.15) is 6.10 Å². The van der Waals surface area contributed by atoms with Crippen LogP contribution in [0.4, 0.5) is 0 Å². The van der Waals surface area contributed by atoms with Crippen LogP contribution < -0.4 is 0 Å². The second-order valence-electron chi connectivity index (χ2n) is 9.80. The number of nitrogens with zero attached hydrogens (tertiary/aromatic N) is 1. The average Bonchev–Trinajstić information content (AvgIpc) is 3.00. The number of hydrogen-bond donors (Lipinski definition) is 0. The minimum Gasteiger partial charge on any atom is -0.458 e. The Hall–Kier alpha value is -7.21. The van der Waals surface area contributed by atoms with Crippen molar-refractivity contribution < 1.29 is 9.53 Å². The van der Waals surface area contributed by atoms with Crippen LogP contribution >= 0.6 is 0 Å². The summed E-state index contributed by atoms with van der Waals surface area (Å²) in [4.78, 5) is 15.4. The van der Waals surface area contributed by atoms with Crippen molar-refractivity contribution in [2.24, 2.45) is 0 Å². The minimum absolute atomic E-state index is 0.0858. The highest BCUT2D eigenvalue weighted by Crippen LogP contribution is 2.38. The molecule has 0 aromatic rings. The molecule has 0 unspecified atom stereocenters. The van der Waals surface area contributed by atoms with Gasteiger partial charge in [-0.3, -0.25) is 4.90 Å². The molecule has 0 aromatic heterocycles. The lowest BCUT2D eigenvalue weighted by Crippen LogP contribution is -2.60. The van der Waals surface area contributed by atoms with Crippen molar-refractivity contribution >= 4 is 5.97 Å². The van der Waals surface area contributed by atoms with Crippen LogP contribution in [0.1, 0.15) is 47.5 Å². The van der Waals surface area contributed by atoms with Crippen molar-refractivity contribution in [1.29, 1.82) is 0 Å². The van der Waals surface area contributed by atoms with E-state index in [0.29, 0.717) is 12.8 Å². The summed E-state index contributed by atoms with van der Waals surface area (Å²) < 4.78 is 5.84. The van der Waals surface area contributed by atoms with E-state index < -0.39 is 5.97 Å². The van der Waals surface area contributed by atoms with Gasteiger partial charge in [-0.05, 0) is 206 Å². The highest BCUT2D eigenvalue weighted by atomic mass is 16.5. The lowest BCUT2D eigenvalue weighted by atomic mass is 9.79. The van der Waals surface area contributed by atoms with E-state index in [0.717, 1.165) is 0 Å². The molecule has 0 atom stereocenters. The standard InChI is InChI=1S/C43H25NO2/c1-8-10-12-14-16-18-20-21-22-23-24-25-26-28-30-32-34-36-39(35-33-31-29-27-19-17-15-13-11-9-2)41(45)46-40-37-42(3,4)44(7)43(5,6)38-40/h40H,2,37-38H2,1,3-7H3. The molecule has 0 spiro atoms. The van der Waals surface area contributed by atoms with Crippen LogP contribution in [0, 0.1) is 107 Å². The van der Waals surface area contributed by atoms with Crippen LogP contribution in [-0.4, -0.2) is 35.1 Å². The summed E-state index contributed by atoms with van der Waals surface area (Å²) in [7, 11) is 2.07. The van der Waals surface area contributed by atoms with Gasteiger partial charge in [0.2, 0.25) is 0 Å². The molecular formula is C43H25NO2. The van der Waals surface area contributed by atoms with Crippen LogP contribution in [0.25, 0.3) is 0 Å². The number of likely N-dealkylation sites (tertiary alicyclic amines) is 1. The molecule has 214 valence electrons. The molecule has 3 nitrogen and oxygen atoms in total. The zero-order chi connectivity index (χ0) is 33.9. The number of esters is 1. The summed E-state index contributed by atoms with van der Waals surface area (Å²) in [5.41, 5.74) is 27.2. The van der Waals surface area contributed by atoms with Crippen molar-refractivity contribution in [2.75, 3.05) is 7.05 Å². The molecule has 0 amide bonds. The summed E-state index contributed by atoms with van der Waals surface area (Å²) in [5.74, 6) is 45.1. The van der Waals surface area contributed by atoms with E-state index in [9.17, 15) is 4.79 Å². The maximum atomic E-state index is 13.1. The topological polar surface area (TPSA) is 29.5 Å². The van der Waals surface area contributed by atoms with Crippen LogP contribution in [-0.2, 0) is 9.53 Å². The Morgan fingerprint density at radius 3 is 1.39 bits per heavy atom. The first kappa shape index (κ1) is 36.8. The van der Waals surface area contributed by atoms with Crippen molar-refractivity contribution in [3.63, 3.8) is 0 Å². The van der Waals surface area contributed by atoms with Gasteiger partial charge >= 0.3 is 5.97 Å². The van der Waals surface area contributed by atoms with Gasteiger partial charge in [-0.2, -0.15) is 0 Å². The lowest BCUT2D eigenvalue weighted by Gasteiger charge is -2.53. The Balaban J connectivity index is 3.26. The highest BCUT2D eigenvalue weighted by Gasteiger charge is 2.44. The van der Waals surface area contributed by atoms with Crippen LogP contribution in [0.5, 0.6) is 0 Å². The van der Waals surface area contributed by atoms with Gasteiger partial charge in [0.05, 0.1) is 0 Å². The molecule has 0 bridgehead atoms. The first-order valence-corrected chi connectivity index (χ1v) is 13.4. The van der Waals surface area contributed by atoms with Crippen molar-refractivity contribution in [3.8, 4) is 107 Å². The van der Waals surface area contributed by atoms with E-state index in [2.05, 4.69) is 216 Å². The monoisotopic (exact) mass is 587 g/mol. The van der Waals surface area contributed by atoms with E-state index >= 15 is 0 Å². The molecule has 1 heterocycles. The summed E-state index contributed by atoms with van der Waals surface area (Å²) in [6.07, 6.45) is 0.997. The Morgan fingerprint density at radius 1 is 0.609 bits per heavy atom. The maximum Gasteiger partial charge on any atom is 0.355 e. The van der Waals surface area contributed by atoms with Gasteiger partial charge in [0.15, 0.2) is 5.57 Å². The zero-order valence-corrected chi connectivity index (χ0v) is 26.5. The zero-order valence-electron chi connectivity index (χ0n) is 26.5. The second kappa shape index (κ2) is 21.5. The predicted molar refractivity (Wildman–Crippen MR) is 178 cm³/mol. The summed E-state index contributed by atoms with van der Waals surface area (Å²) in [5, 5.41) is 0. The molecule has 46 heavy (non-hydrogen) atoms. The molecule has 1 aliphatic rings. The fraction of sp³-hybridized carbons (Fsp3) is 0.256. The molecule has 1 aliphatic heterocycles. The normalized spacial score (nSPS) is 11.5. The largest absolute Gasteiger partial charge is 0.458 e. The molecule has 1 saturated heterocycles. The lowest BCUT2D eigenvalue weighted by molar-refractivity contribution is -0.153. The smallest absolute Gasteiger partial charge is 0.355 e. The van der Waals surface area contributed by atoms with Gasteiger partial charge in [-0.25, -0.2) is 4.79 Å². The molecule has 0 radical (unpaired) electrons. The third-order valence-corrected chi connectivity index (χ3v) is 5.77. The van der Waals surface area contributed by atoms with E-state index in [1.165, 1.54) is 0 Å². The van der Waals surface area contributed by atoms with E-state index in [1.807, 2.05) is 0 Å². The molecular weight excluding hydrogens is 562 g/mol. The SMILES string of the molecule is C=C=C=C=C=C=C=C=C=C=C=C=C(C#CC#CC#CC#CC#CC#CC#CC#CC#CC)C(=O)OC1CC(C)(C)N(C)C(C)(C)C1. The average molecular weight is 588 g/mol. The first-order valence-electron chi connectivity index (χ1n) is 13.4. The van der Waals surface area contributed by atoms with Crippen molar-refractivity contribution in [1.82, 2.24) is 4.90 Å². The summed E-state index contributed by atoms with van der Waals surface area (Å²) >= 11 is 0. The van der Waals surface area contributed by atoms with E-state index in [4.69, 9.17) is 4.74 Å². The second-order valence-corrected chi connectivity index (χ2v) is 9.80. The third-order valence-electron chi connectivity index (χ3n) is 5.77. The molecule has 0 N–H and O–H groups in total. The van der Waals surface area contributed by atoms with E-state index in [1.54, 1.807) is 6.92 Å².